The zero-order chi connectivity index (χ0) is 9.64. The third-order valence-electron chi connectivity index (χ3n) is 1.79. The molecule has 0 radical (unpaired) electrons. The fourth-order valence-corrected chi connectivity index (χ4v) is 1.10. The van der Waals surface area contributed by atoms with Gasteiger partial charge in [0.25, 0.3) is 0 Å². The molecule has 0 aliphatic carbocycles. The Labute approximate surface area is 155 Å². The van der Waals surface area contributed by atoms with E-state index in [1.165, 1.54) is 0 Å². The van der Waals surface area contributed by atoms with Gasteiger partial charge in [-0.15, -0.1) is 0 Å². The second kappa shape index (κ2) is 9.44. The van der Waals surface area contributed by atoms with Crippen molar-refractivity contribution >= 4 is 11.4 Å². The van der Waals surface area contributed by atoms with Crippen LogP contribution in [-0.4, -0.2) is 0 Å². The molecule has 0 saturated carbocycles. The Morgan fingerprint density at radius 2 is 0.875 bits per heavy atom. The maximum Gasteiger partial charge on any atom is 1.00 e. The van der Waals surface area contributed by atoms with Gasteiger partial charge in [0.2, 0.25) is 0 Å². The molecule has 16 heavy (non-hydrogen) atoms. The average Bonchev–Trinajstić information content (AvgIpc) is 2.29. The summed E-state index contributed by atoms with van der Waals surface area (Å²) in [6, 6.07) is 19.4. The van der Waals surface area contributed by atoms with Gasteiger partial charge in [0.1, 0.15) is 0 Å². The molecule has 0 saturated heterocycles. The normalized spacial score (nSPS) is 9.25. The molecule has 0 aromatic heterocycles. The molecule has 0 N–H and O–H groups in total. The van der Waals surface area contributed by atoms with Crippen molar-refractivity contribution < 1.29 is 75.4 Å². The van der Waals surface area contributed by atoms with Crippen LogP contribution in [0, 0.1) is 0 Å². The van der Waals surface area contributed by atoms with Crippen LogP contribution in [0.1, 0.15) is 0 Å². The fraction of sp³-hybridized carbons (Fsp3) is 0. The first-order valence-corrected chi connectivity index (χ1v) is 4.47. The quantitative estimate of drug-likeness (QED) is 0.345. The molecular formula is C12H10IKN2. The first-order valence-electron chi connectivity index (χ1n) is 4.47. The molecule has 0 heterocycles. The van der Waals surface area contributed by atoms with Gasteiger partial charge in [-0.05, 0) is 24.3 Å². The van der Waals surface area contributed by atoms with Crippen LogP contribution in [0.3, 0.4) is 0 Å². The number of hydrogen-bond donors (Lipinski definition) is 0. The van der Waals surface area contributed by atoms with E-state index >= 15 is 0 Å². The van der Waals surface area contributed by atoms with E-state index in [1.54, 1.807) is 0 Å². The maximum absolute atomic E-state index is 4.10. The summed E-state index contributed by atoms with van der Waals surface area (Å²) in [4.78, 5) is 0. The molecule has 76 valence electrons. The summed E-state index contributed by atoms with van der Waals surface area (Å²) in [5.41, 5.74) is 1.74. The second-order valence-electron chi connectivity index (χ2n) is 2.87. The molecule has 0 bridgehead atoms. The van der Waals surface area contributed by atoms with Crippen molar-refractivity contribution in [1.82, 2.24) is 0 Å². The Morgan fingerprint density at radius 1 is 0.562 bits per heavy atom. The van der Waals surface area contributed by atoms with Crippen LogP contribution in [-0.2, 0) is 0 Å². The Morgan fingerprint density at radius 3 is 1.19 bits per heavy atom. The summed E-state index contributed by atoms with van der Waals surface area (Å²) in [6.45, 7) is 0. The molecule has 2 aromatic carbocycles. The van der Waals surface area contributed by atoms with Gasteiger partial charge in [-0.3, -0.25) is 0 Å². The van der Waals surface area contributed by atoms with Crippen molar-refractivity contribution in [3.63, 3.8) is 0 Å². The van der Waals surface area contributed by atoms with Crippen molar-refractivity contribution in [3.8, 4) is 0 Å². The molecule has 0 amide bonds. The Balaban J connectivity index is 0.00000112. The SMILES string of the molecule is [I-].[K+].c1ccc(N=Nc2ccccc2)cc1. The van der Waals surface area contributed by atoms with Gasteiger partial charge in [-0.2, -0.15) is 10.2 Å². The topological polar surface area (TPSA) is 24.7 Å². The molecular weight excluding hydrogens is 338 g/mol. The van der Waals surface area contributed by atoms with Crippen LogP contribution < -0.4 is 75.4 Å². The third kappa shape index (κ3) is 5.65. The molecule has 0 aliphatic rings. The molecule has 0 spiro atoms. The predicted octanol–water partition coefficient (Wildman–Crippen LogP) is -1.89. The summed E-state index contributed by atoms with van der Waals surface area (Å²) in [5, 5.41) is 8.20. The minimum Gasteiger partial charge on any atom is -1.00 e. The zero-order valence-corrected chi connectivity index (χ0v) is 14.3. The molecule has 2 nitrogen and oxygen atoms in total. The summed E-state index contributed by atoms with van der Waals surface area (Å²) in [5.74, 6) is 0. The summed E-state index contributed by atoms with van der Waals surface area (Å²) in [7, 11) is 0. The van der Waals surface area contributed by atoms with Crippen molar-refractivity contribution in [2.75, 3.05) is 0 Å². The number of halogens is 1. The van der Waals surface area contributed by atoms with Gasteiger partial charge in [-0.25, -0.2) is 0 Å². The van der Waals surface area contributed by atoms with E-state index in [0.717, 1.165) is 11.4 Å². The molecule has 0 unspecified atom stereocenters. The van der Waals surface area contributed by atoms with Crippen LogP contribution in [0.25, 0.3) is 0 Å². The number of rotatable bonds is 2. The maximum atomic E-state index is 4.10. The standard InChI is InChI=1S/C12H10N2.HI.K/c1-3-7-11(8-4-1)13-14-12-9-5-2-6-10-12;;/h1-10H;1H;/q;;+1/p-1. The average molecular weight is 348 g/mol. The van der Waals surface area contributed by atoms with E-state index in [-0.39, 0.29) is 75.4 Å². The van der Waals surface area contributed by atoms with Crippen molar-refractivity contribution in [2.45, 2.75) is 0 Å². The van der Waals surface area contributed by atoms with E-state index in [4.69, 9.17) is 0 Å². The van der Waals surface area contributed by atoms with E-state index in [0.29, 0.717) is 0 Å². The van der Waals surface area contributed by atoms with Gasteiger partial charge >= 0.3 is 51.4 Å². The first kappa shape index (κ1) is 16.4. The smallest absolute Gasteiger partial charge is 1.00 e. The number of nitrogens with zero attached hydrogens (tertiary/aromatic N) is 2. The molecule has 2 rings (SSSR count). The number of benzene rings is 2. The van der Waals surface area contributed by atoms with E-state index in [1.807, 2.05) is 60.7 Å². The van der Waals surface area contributed by atoms with Crippen LogP contribution in [0.4, 0.5) is 11.4 Å². The second-order valence-corrected chi connectivity index (χ2v) is 2.87. The number of azo groups is 1. The Hall–Kier alpha value is 0.406. The first-order chi connectivity index (χ1) is 6.95. The Kier molecular flexibility index (Phi) is 9.68. The zero-order valence-electron chi connectivity index (χ0n) is 9.05. The largest absolute Gasteiger partial charge is 1.00 e. The molecule has 0 fully saturated rings. The minimum atomic E-state index is 0. The van der Waals surface area contributed by atoms with Crippen LogP contribution in [0.5, 0.6) is 0 Å². The van der Waals surface area contributed by atoms with Gasteiger partial charge in [0.05, 0.1) is 11.4 Å². The minimum absolute atomic E-state index is 0. The van der Waals surface area contributed by atoms with Crippen molar-refractivity contribution in [2.24, 2.45) is 10.2 Å². The summed E-state index contributed by atoms with van der Waals surface area (Å²) >= 11 is 0. The molecule has 0 aliphatic heterocycles. The van der Waals surface area contributed by atoms with Crippen molar-refractivity contribution in [1.29, 1.82) is 0 Å². The number of hydrogen-bond acceptors (Lipinski definition) is 2. The third-order valence-corrected chi connectivity index (χ3v) is 1.79. The van der Waals surface area contributed by atoms with Gasteiger partial charge < -0.3 is 24.0 Å². The molecule has 2 aromatic rings. The van der Waals surface area contributed by atoms with E-state index < -0.39 is 0 Å². The van der Waals surface area contributed by atoms with Gasteiger partial charge in [0.15, 0.2) is 0 Å². The molecule has 0 atom stereocenters. The summed E-state index contributed by atoms with van der Waals surface area (Å²) in [6.07, 6.45) is 0. The Bertz CT molecular complexity index is 376. The van der Waals surface area contributed by atoms with Crippen LogP contribution >= 0.6 is 0 Å². The van der Waals surface area contributed by atoms with Crippen LogP contribution in [0.2, 0.25) is 0 Å². The monoisotopic (exact) mass is 348 g/mol. The van der Waals surface area contributed by atoms with E-state index in [2.05, 4.69) is 10.2 Å². The predicted molar refractivity (Wildman–Crippen MR) is 57.1 cm³/mol. The summed E-state index contributed by atoms with van der Waals surface area (Å²) < 4.78 is 0. The van der Waals surface area contributed by atoms with Crippen molar-refractivity contribution in [3.05, 3.63) is 60.7 Å². The fourth-order valence-electron chi connectivity index (χ4n) is 1.10. The van der Waals surface area contributed by atoms with Crippen LogP contribution in [0.15, 0.2) is 70.9 Å². The molecule has 4 heteroatoms. The van der Waals surface area contributed by atoms with E-state index in [9.17, 15) is 0 Å². The van der Waals surface area contributed by atoms with Gasteiger partial charge in [0, 0.05) is 0 Å². The van der Waals surface area contributed by atoms with Gasteiger partial charge in [-0.1, -0.05) is 36.4 Å².